The molecule has 1 amide bonds. The molecule has 0 saturated carbocycles. The van der Waals surface area contributed by atoms with E-state index in [2.05, 4.69) is 0 Å². The molecule has 0 spiro atoms. The van der Waals surface area contributed by atoms with E-state index in [0.29, 0.717) is 42.4 Å². The maximum absolute atomic E-state index is 12.2. The first kappa shape index (κ1) is 20.8. The van der Waals surface area contributed by atoms with Crippen molar-refractivity contribution in [2.75, 3.05) is 13.1 Å². The van der Waals surface area contributed by atoms with Crippen LogP contribution in [0.5, 0.6) is 0 Å². The molecule has 2 rings (SSSR count). The molecule has 1 saturated heterocycles. The third-order valence-corrected chi connectivity index (χ3v) is 5.41. The third-order valence-electron chi connectivity index (χ3n) is 4.55. The molecule has 1 aliphatic heterocycles. The van der Waals surface area contributed by atoms with Crippen LogP contribution in [-0.4, -0.2) is 40.8 Å². The van der Waals surface area contributed by atoms with Gasteiger partial charge in [-0.2, -0.15) is 0 Å². The molecule has 7 heteroatoms. The van der Waals surface area contributed by atoms with Crippen molar-refractivity contribution < 1.29 is 19.4 Å². The van der Waals surface area contributed by atoms with Crippen molar-refractivity contribution in [1.29, 1.82) is 0 Å². The summed E-state index contributed by atoms with van der Waals surface area (Å²) in [5.41, 5.74) is 0.196. The van der Waals surface area contributed by atoms with Gasteiger partial charge in [0.1, 0.15) is 5.60 Å². The lowest BCUT2D eigenvalue weighted by Crippen LogP contribution is -2.44. The molecule has 1 N–H and O–H groups in total. The first-order valence-electron chi connectivity index (χ1n) is 8.72. The smallest absolute Gasteiger partial charge is 0.410 e. The standard InChI is InChI=1S/C19H25Cl2NO4/c1-19(2,3)26-18(25)22-9-7-12(8-10-22)14(17(23)24)11-13-5-4-6-15(20)16(13)21/h4-6,12,14H,7-11H2,1-3H3,(H,23,24). The maximum Gasteiger partial charge on any atom is 0.410 e. The van der Waals surface area contributed by atoms with Crippen LogP contribution in [0.15, 0.2) is 18.2 Å². The summed E-state index contributed by atoms with van der Waals surface area (Å²) < 4.78 is 5.38. The Balaban J connectivity index is 2.01. The minimum absolute atomic E-state index is 0.0266. The van der Waals surface area contributed by atoms with E-state index in [1.54, 1.807) is 23.1 Å². The predicted molar refractivity (Wildman–Crippen MR) is 102 cm³/mol. The quantitative estimate of drug-likeness (QED) is 0.779. The Labute approximate surface area is 164 Å². The zero-order valence-electron chi connectivity index (χ0n) is 15.3. The van der Waals surface area contributed by atoms with Crippen LogP contribution in [-0.2, 0) is 16.0 Å². The van der Waals surface area contributed by atoms with Gasteiger partial charge in [-0.1, -0.05) is 35.3 Å². The van der Waals surface area contributed by atoms with Gasteiger partial charge in [0.25, 0.3) is 0 Å². The van der Waals surface area contributed by atoms with Crippen LogP contribution in [0.4, 0.5) is 4.79 Å². The Morgan fingerprint density at radius 3 is 2.42 bits per heavy atom. The van der Waals surface area contributed by atoms with Crippen LogP contribution in [0.2, 0.25) is 10.0 Å². The van der Waals surface area contributed by atoms with E-state index in [0.717, 1.165) is 5.56 Å². The highest BCUT2D eigenvalue weighted by atomic mass is 35.5. The Morgan fingerprint density at radius 1 is 1.27 bits per heavy atom. The minimum atomic E-state index is -0.850. The van der Waals surface area contributed by atoms with E-state index in [1.165, 1.54) is 0 Å². The normalized spacial score (nSPS) is 17.0. The number of benzene rings is 1. The molecule has 1 aromatic rings. The molecular weight excluding hydrogens is 377 g/mol. The number of carboxylic acids is 1. The predicted octanol–water partition coefficient (Wildman–Crippen LogP) is 4.88. The van der Waals surface area contributed by atoms with Crippen molar-refractivity contribution in [3.63, 3.8) is 0 Å². The van der Waals surface area contributed by atoms with Crippen molar-refractivity contribution >= 4 is 35.3 Å². The zero-order valence-corrected chi connectivity index (χ0v) is 16.8. The largest absolute Gasteiger partial charge is 0.481 e. The Bertz CT molecular complexity index is 664. The van der Waals surface area contributed by atoms with Crippen molar-refractivity contribution in [3.8, 4) is 0 Å². The highest BCUT2D eigenvalue weighted by Crippen LogP contribution is 2.33. The Morgan fingerprint density at radius 2 is 1.88 bits per heavy atom. The number of carboxylic acid groups (broad SMARTS) is 1. The summed E-state index contributed by atoms with van der Waals surface area (Å²) >= 11 is 12.2. The van der Waals surface area contributed by atoms with E-state index in [-0.39, 0.29) is 12.0 Å². The highest BCUT2D eigenvalue weighted by Gasteiger charge is 2.34. The number of likely N-dealkylation sites (tertiary alicyclic amines) is 1. The first-order chi connectivity index (χ1) is 12.1. The number of carbonyl (C=O) groups excluding carboxylic acids is 1. The first-order valence-corrected chi connectivity index (χ1v) is 9.47. The summed E-state index contributed by atoms with van der Waals surface area (Å²) in [6.45, 7) is 6.46. The number of rotatable bonds is 4. The molecule has 144 valence electrons. The lowest BCUT2D eigenvalue weighted by molar-refractivity contribution is -0.144. The Kier molecular flexibility index (Phi) is 6.80. The van der Waals surface area contributed by atoms with E-state index < -0.39 is 17.5 Å². The lowest BCUT2D eigenvalue weighted by Gasteiger charge is -2.35. The van der Waals surface area contributed by atoms with Crippen molar-refractivity contribution in [2.24, 2.45) is 11.8 Å². The van der Waals surface area contributed by atoms with Crippen molar-refractivity contribution in [2.45, 2.75) is 45.6 Å². The monoisotopic (exact) mass is 401 g/mol. The molecule has 1 fully saturated rings. The number of aliphatic carboxylic acids is 1. The van der Waals surface area contributed by atoms with Gasteiger partial charge < -0.3 is 14.7 Å². The number of ether oxygens (including phenoxy) is 1. The van der Waals surface area contributed by atoms with Gasteiger partial charge in [0.05, 0.1) is 16.0 Å². The van der Waals surface area contributed by atoms with E-state index in [9.17, 15) is 14.7 Å². The summed E-state index contributed by atoms with van der Waals surface area (Å²) in [7, 11) is 0. The number of nitrogens with zero attached hydrogens (tertiary/aromatic N) is 1. The van der Waals surface area contributed by atoms with Crippen molar-refractivity contribution in [3.05, 3.63) is 33.8 Å². The van der Waals surface area contributed by atoms with Gasteiger partial charge >= 0.3 is 12.1 Å². The van der Waals surface area contributed by atoms with E-state index in [1.807, 2.05) is 20.8 Å². The fourth-order valence-electron chi connectivity index (χ4n) is 3.21. The summed E-state index contributed by atoms with van der Waals surface area (Å²) in [4.78, 5) is 25.6. The molecule has 0 radical (unpaired) electrons. The second-order valence-electron chi connectivity index (χ2n) is 7.67. The van der Waals surface area contributed by atoms with Crippen LogP contribution in [0.25, 0.3) is 0 Å². The van der Waals surface area contributed by atoms with Gasteiger partial charge in [-0.05, 0) is 57.6 Å². The zero-order chi connectivity index (χ0) is 19.5. The molecule has 0 aliphatic carbocycles. The van der Waals surface area contributed by atoms with Gasteiger partial charge in [0.2, 0.25) is 0 Å². The molecular formula is C19H25Cl2NO4. The number of carbonyl (C=O) groups is 2. The number of halogens is 2. The molecule has 1 unspecified atom stereocenters. The Hall–Kier alpha value is -1.46. The van der Waals surface area contributed by atoms with Gasteiger partial charge in [-0.3, -0.25) is 4.79 Å². The fraction of sp³-hybridized carbons (Fsp3) is 0.579. The van der Waals surface area contributed by atoms with Crippen molar-refractivity contribution in [1.82, 2.24) is 4.90 Å². The SMILES string of the molecule is CC(C)(C)OC(=O)N1CCC(C(Cc2cccc(Cl)c2Cl)C(=O)O)CC1. The van der Waals surface area contributed by atoms with Crippen LogP contribution in [0, 0.1) is 11.8 Å². The number of hydrogen-bond donors (Lipinski definition) is 1. The lowest BCUT2D eigenvalue weighted by atomic mass is 9.81. The molecule has 1 heterocycles. The topological polar surface area (TPSA) is 66.8 Å². The summed E-state index contributed by atoms with van der Waals surface area (Å²) in [5, 5.41) is 10.5. The summed E-state index contributed by atoms with van der Waals surface area (Å²) in [6, 6.07) is 5.26. The second kappa shape index (κ2) is 8.49. The summed E-state index contributed by atoms with van der Waals surface area (Å²) in [5.74, 6) is -1.44. The molecule has 0 aromatic heterocycles. The van der Waals surface area contributed by atoms with Crippen LogP contribution >= 0.6 is 23.2 Å². The molecule has 1 atom stereocenters. The van der Waals surface area contributed by atoms with Gasteiger partial charge in [0, 0.05) is 13.1 Å². The highest BCUT2D eigenvalue weighted by molar-refractivity contribution is 6.42. The van der Waals surface area contributed by atoms with Gasteiger partial charge in [0.15, 0.2) is 0 Å². The summed E-state index contributed by atoms with van der Waals surface area (Å²) in [6.07, 6.45) is 1.22. The van der Waals surface area contributed by atoms with Crippen LogP contribution in [0.3, 0.4) is 0 Å². The number of amides is 1. The van der Waals surface area contributed by atoms with E-state index >= 15 is 0 Å². The fourth-order valence-corrected chi connectivity index (χ4v) is 3.61. The number of piperidine rings is 1. The van der Waals surface area contributed by atoms with Gasteiger partial charge in [-0.15, -0.1) is 0 Å². The molecule has 1 aliphatic rings. The van der Waals surface area contributed by atoms with Crippen LogP contribution < -0.4 is 0 Å². The molecule has 1 aromatic carbocycles. The molecule has 5 nitrogen and oxygen atoms in total. The minimum Gasteiger partial charge on any atom is -0.481 e. The average Bonchev–Trinajstić information content (AvgIpc) is 2.54. The van der Waals surface area contributed by atoms with E-state index in [4.69, 9.17) is 27.9 Å². The average molecular weight is 402 g/mol. The molecule has 0 bridgehead atoms. The number of hydrogen-bond acceptors (Lipinski definition) is 3. The molecule has 26 heavy (non-hydrogen) atoms. The van der Waals surface area contributed by atoms with Gasteiger partial charge in [-0.25, -0.2) is 4.79 Å². The second-order valence-corrected chi connectivity index (χ2v) is 8.45. The maximum atomic E-state index is 12.2. The third kappa shape index (κ3) is 5.52. The van der Waals surface area contributed by atoms with Crippen LogP contribution in [0.1, 0.15) is 39.2 Å².